The van der Waals surface area contributed by atoms with Gasteiger partial charge in [0.25, 0.3) is 0 Å². The first kappa shape index (κ1) is 23.6. The third-order valence-corrected chi connectivity index (χ3v) is 5.42. The van der Waals surface area contributed by atoms with E-state index in [1.54, 1.807) is 0 Å². The van der Waals surface area contributed by atoms with Gasteiger partial charge in [0.15, 0.2) is 0 Å². The van der Waals surface area contributed by atoms with Gasteiger partial charge < -0.3 is 9.84 Å². The standard InChI is InChI=1S/C23H38O4/c1-4-6-11-18(3)21(24)16-14-19-15-17-22(25)20(19)12-9-7-8-10-13-23(26)27-5-2/h7,9,14,16,18-21,24H,4-6,8,10-13,15,17H2,1-3H3/b9-7-,16-14+/t18?,19?,20-,21+/m1/s1. The summed E-state index contributed by atoms with van der Waals surface area (Å²) in [5.41, 5.74) is 0. The molecular weight excluding hydrogens is 340 g/mol. The SMILES string of the molecule is CCCCC(C)[C@@H](O)/C=C/C1CCC(=O)[C@@H]1C/C=C\CCCC(=O)OCC. The first-order valence-electron chi connectivity index (χ1n) is 10.7. The first-order valence-corrected chi connectivity index (χ1v) is 10.7. The number of unbranched alkanes of at least 4 members (excludes halogenated alkanes) is 2. The van der Waals surface area contributed by atoms with Crippen molar-refractivity contribution in [3.8, 4) is 0 Å². The van der Waals surface area contributed by atoms with Gasteiger partial charge in [-0.05, 0) is 50.9 Å². The van der Waals surface area contributed by atoms with Crippen molar-refractivity contribution >= 4 is 11.8 Å². The number of ketones is 1. The molecule has 1 saturated carbocycles. The summed E-state index contributed by atoms with van der Waals surface area (Å²) < 4.78 is 4.91. The molecule has 0 bridgehead atoms. The minimum Gasteiger partial charge on any atom is -0.466 e. The number of hydrogen-bond acceptors (Lipinski definition) is 4. The molecule has 1 rings (SSSR count). The number of carbonyl (C=O) groups excluding carboxylic acids is 2. The van der Waals surface area contributed by atoms with E-state index < -0.39 is 6.10 Å². The predicted octanol–water partition coefficient (Wildman–Crippen LogP) is 5.00. The van der Waals surface area contributed by atoms with E-state index in [4.69, 9.17) is 4.74 Å². The lowest BCUT2D eigenvalue weighted by molar-refractivity contribution is -0.143. The highest BCUT2D eigenvalue weighted by atomic mass is 16.5. The van der Waals surface area contributed by atoms with Gasteiger partial charge in [0, 0.05) is 18.8 Å². The van der Waals surface area contributed by atoms with Crippen molar-refractivity contribution in [2.24, 2.45) is 17.8 Å². The molecule has 4 heteroatoms. The topological polar surface area (TPSA) is 63.6 Å². The Morgan fingerprint density at radius 2 is 2.07 bits per heavy atom. The third kappa shape index (κ3) is 9.37. The molecule has 1 N–H and O–H groups in total. The lowest BCUT2D eigenvalue weighted by Crippen LogP contribution is -2.16. The Kier molecular flexibility index (Phi) is 12.0. The molecule has 27 heavy (non-hydrogen) atoms. The Morgan fingerprint density at radius 3 is 2.78 bits per heavy atom. The summed E-state index contributed by atoms with van der Waals surface area (Å²) in [5, 5.41) is 10.3. The van der Waals surface area contributed by atoms with E-state index in [0.29, 0.717) is 25.2 Å². The molecule has 0 amide bonds. The van der Waals surface area contributed by atoms with Crippen LogP contribution in [0.4, 0.5) is 0 Å². The lowest BCUT2D eigenvalue weighted by Gasteiger charge is -2.17. The van der Waals surface area contributed by atoms with Crippen LogP contribution in [0.15, 0.2) is 24.3 Å². The molecule has 0 spiro atoms. The number of rotatable bonds is 13. The van der Waals surface area contributed by atoms with Gasteiger partial charge in [0.1, 0.15) is 5.78 Å². The molecule has 0 heterocycles. The molecule has 0 radical (unpaired) electrons. The molecular formula is C23H38O4. The van der Waals surface area contributed by atoms with Crippen LogP contribution in [0.2, 0.25) is 0 Å². The number of esters is 1. The summed E-state index contributed by atoms with van der Waals surface area (Å²) in [6.07, 6.45) is 15.3. The van der Waals surface area contributed by atoms with Crippen molar-refractivity contribution in [3.05, 3.63) is 24.3 Å². The first-order chi connectivity index (χ1) is 13.0. The van der Waals surface area contributed by atoms with Gasteiger partial charge in [-0.2, -0.15) is 0 Å². The van der Waals surface area contributed by atoms with Gasteiger partial charge in [-0.15, -0.1) is 0 Å². The summed E-state index contributed by atoms with van der Waals surface area (Å²) in [4.78, 5) is 23.5. The smallest absolute Gasteiger partial charge is 0.305 e. The summed E-state index contributed by atoms with van der Waals surface area (Å²) in [6, 6.07) is 0. The van der Waals surface area contributed by atoms with Crippen LogP contribution in [0.25, 0.3) is 0 Å². The number of aliphatic hydroxyl groups excluding tert-OH is 1. The Bertz CT molecular complexity index is 495. The molecule has 0 saturated heterocycles. The molecule has 0 aromatic carbocycles. The van der Waals surface area contributed by atoms with Gasteiger partial charge in [-0.1, -0.05) is 51.0 Å². The monoisotopic (exact) mass is 378 g/mol. The maximum Gasteiger partial charge on any atom is 0.305 e. The van der Waals surface area contributed by atoms with Crippen LogP contribution >= 0.6 is 0 Å². The van der Waals surface area contributed by atoms with Crippen LogP contribution in [0.1, 0.15) is 78.6 Å². The molecule has 2 unspecified atom stereocenters. The number of allylic oxidation sites excluding steroid dienone is 3. The van der Waals surface area contributed by atoms with Crippen LogP contribution in [0.5, 0.6) is 0 Å². The van der Waals surface area contributed by atoms with Crippen LogP contribution < -0.4 is 0 Å². The van der Waals surface area contributed by atoms with Gasteiger partial charge >= 0.3 is 5.97 Å². The minimum atomic E-state index is -0.425. The normalized spacial score (nSPS) is 22.6. The molecule has 1 fully saturated rings. The third-order valence-electron chi connectivity index (χ3n) is 5.42. The second-order valence-corrected chi connectivity index (χ2v) is 7.67. The van der Waals surface area contributed by atoms with Crippen molar-refractivity contribution in [1.82, 2.24) is 0 Å². The second kappa shape index (κ2) is 13.7. The molecule has 1 aliphatic carbocycles. The average Bonchev–Trinajstić information content (AvgIpc) is 3.00. The van der Waals surface area contributed by atoms with Crippen molar-refractivity contribution in [2.75, 3.05) is 6.61 Å². The van der Waals surface area contributed by atoms with E-state index in [-0.39, 0.29) is 23.7 Å². The molecule has 4 atom stereocenters. The Morgan fingerprint density at radius 1 is 1.30 bits per heavy atom. The van der Waals surface area contributed by atoms with Crippen molar-refractivity contribution in [3.63, 3.8) is 0 Å². The van der Waals surface area contributed by atoms with Gasteiger partial charge in [-0.3, -0.25) is 9.59 Å². The van der Waals surface area contributed by atoms with Crippen LogP contribution in [-0.4, -0.2) is 29.6 Å². The maximum atomic E-state index is 12.2. The highest BCUT2D eigenvalue weighted by Crippen LogP contribution is 2.33. The summed E-state index contributed by atoms with van der Waals surface area (Å²) in [6.45, 7) is 6.49. The van der Waals surface area contributed by atoms with Crippen LogP contribution in [0, 0.1) is 17.8 Å². The fourth-order valence-corrected chi connectivity index (χ4v) is 3.57. The zero-order valence-corrected chi connectivity index (χ0v) is 17.4. The molecule has 4 nitrogen and oxygen atoms in total. The van der Waals surface area contributed by atoms with Crippen molar-refractivity contribution < 1.29 is 19.4 Å². The van der Waals surface area contributed by atoms with Crippen LogP contribution in [0.3, 0.4) is 0 Å². The maximum absolute atomic E-state index is 12.2. The van der Waals surface area contributed by atoms with Gasteiger partial charge in [0.05, 0.1) is 12.7 Å². The molecule has 0 aromatic heterocycles. The average molecular weight is 379 g/mol. The number of aliphatic hydroxyl groups is 1. The fraction of sp³-hybridized carbons (Fsp3) is 0.739. The van der Waals surface area contributed by atoms with E-state index in [9.17, 15) is 14.7 Å². The van der Waals surface area contributed by atoms with E-state index in [0.717, 1.165) is 44.9 Å². The number of Topliss-reactive ketones (excluding diaryl/α,β-unsaturated/α-hetero) is 1. The molecule has 1 aliphatic rings. The van der Waals surface area contributed by atoms with E-state index in [1.165, 1.54) is 0 Å². The Hall–Kier alpha value is -1.42. The fourth-order valence-electron chi connectivity index (χ4n) is 3.57. The molecule has 0 aliphatic heterocycles. The van der Waals surface area contributed by atoms with Crippen molar-refractivity contribution in [1.29, 1.82) is 0 Å². The quantitative estimate of drug-likeness (QED) is 0.278. The van der Waals surface area contributed by atoms with E-state index in [1.807, 2.05) is 13.0 Å². The molecule has 0 aromatic rings. The predicted molar refractivity (Wildman–Crippen MR) is 109 cm³/mol. The number of ether oxygens (including phenoxy) is 1. The molecule has 154 valence electrons. The Balaban J connectivity index is 2.39. The lowest BCUT2D eigenvalue weighted by atomic mass is 9.90. The second-order valence-electron chi connectivity index (χ2n) is 7.67. The summed E-state index contributed by atoms with van der Waals surface area (Å²) in [7, 11) is 0. The zero-order valence-electron chi connectivity index (χ0n) is 17.4. The highest BCUT2D eigenvalue weighted by Gasteiger charge is 2.32. The Labute approximate surface area is 165 Å². The summed E-state index contributed by atoms with van der Waals surface area (Å²) >= 11 is 0. The minimum absolute atomic E-state index is 0.0284. The zero-order chi connectivity index (χ0) is 20.1. The van der Waals surface area contributed by atoms with Crippen LogP contribution in [-0.2, 0) is 14.3 Å². The van der Waals surface area contributed by atoms with Crippen molar-refractivity contribution in [2.45, 2.75) is 84.7 Å². The van der Waals surface area contributed by atoms with Gasteiger partial charge in [0.2, 0.25) is 0 Å². The van der Waals surface area contributed by atoms with E-state index >= 15 is 0 Å². The number of carbonyl (C=O) groups is 2. The largest absolute Gasteiger partial charge is 0.466 e. The van der Waals surface area contributed by atoms with E-state index in [2.05, 4.69) is 32.1 Å². The van der Waals surface area contributed by atoms with Gasteiger partial charge in [-0.25, -0.2) is 0 Å². The number of hydrogen-bond donors (Lipinski definition) is 1. The summed E-state index contributed by atoms with van der Waals surface area (Å²) in [5.74, 6) is 0.703. The highest BCUT2D eigenvalue weighted by molar-refractivity contribution is 5.83.